The minimum atomic E-state index is -3.79. The highest BCUT2D eigenvalue weighted by molar-refractivity contribution is 7.90. The number of hydrogen-bond donors (Lipinski definition) is 0. The fourth-order valence-electron chi connectivity index (χ4n) is 3.82. The summed E-state index contributed by atoms with van der Waals surface area (Å²) in [5.74, 6) is 0.348. The molecule has 0 aliphatic heterocycles. The van der Waals surface area contributed by atoms with E-state index in [1.165, 1.54) is 56.2 Å². The molecule has 1 aliphatic rings. The Hall–Kier alpha value is -2.08. The van der Waals surface area contributed by atoms with E-state index in [-0.39, 0.29) is 33.1 Å². The lowest BCUT2D eigenvalue weighted by molar-refractivity contribution is -0.118. The summed E-state index contributed by atoms with van der Waals surface area (Å²) in [6, 6.07) is 4.20. The van der Waals surface area contributed by atoms with Gasteiger partial charge in [-0.2, -0.15) is 0 Å². The first-order valence-electron chi connectivity index (χ1n) is 10.5. The van der Waals surface area contributed by atoms with Crippen molar-refractivity contribution in [1.82, 2.24) is 14.3 Å². The van der Waals surface area contributed by atoms with Crippen molar-refractivity contribution in [1.29, 1.82) is 0 Å². The maximum Gasteiger partial charge on any atom is 0.261 e. The molecule has 0 spiro atoms. The summed E-state index contributed by atoms with van der Waals surface area (Å²) >= 11 is 6.21. The number of nitrogens with zero attached hydrogens (tertiary/aromatic N) is 4. The largest absolute Gasteiger partial charge is 0.274 e. The highest BCUT2D eigenvalue weighted by Crippen LogP contribution is 2.33. The standard InChI is InChI=1S/C21H27ClN4O5S2/c1-25(2)33(30,31)20-14-23-19(13-24-20)26(21(27)11-8-15-6-4-5-7-15)16-9-10-18(17(22)12-16)32(3,28)29/h9-10,12-15H,4-8,11H2,1-3H3. The molecule has 0 unspecified atom stereocenters. The Balaban J connectivity index is 1.98. The summed E-state index contributed by atoms with van der Waals surface area (Å²) in [7, 11) is -4.56. The second-order valence-corrected chi connectivity index (χ2v) is 12.8. The Morgan fingerprint density at radius 2 is 1.76 bits per heavy atom. The van der Waals surface area contributed by atoms with Crippen LogP contribution in [0.1, 0.15) is 38.5 Å². The summed E-state index contributed by atoms with van der Waals surface area (Å²) < 4.78 is 49.5. The topological polar surface area (TPSA) is 118 Å². The number of amides is 1. The SMILES string of the molecule is CN(C)S(=O)(=O)c1cnc(N(C(=O)CCC2CCCC2)c2ccc(S(C)(=O)=O)c(Cl)c2)cn1. The van der Waals surface area contributed by atoms with Gasteiger partial charge >= 0.3 is 0 Å². The molecule has 0 atom stereocenters. The first-order chi connectivity index (χ1) is 15.4. The molecule has 3 rings (SSSR count). The quantitative estimate of drug-likeness (QED) is 0.529. The molecule has 1 aromatic carbocycles. The lowest BCUT2D eigenvalue weighted by atomic mass is 10.0. The van der Waals surface area contributed by atoms with Crippen molar-refractivity contribution >= 4 is 48.9 Å². The van der Waals surface area contributed by atoms with E-state index in [1.54, 1.807) is 0 Å². The van der Waals surface area contributed by atoms with Crippen molar-refractivity contribution in [2.24, 2.45) is 5.92 Å². The van der Waals surface area contributed by atoms with Gasteiger partial charge in [-0.15, -0.1) is 0 Å². The third kappa shape index (κ3) is 5.89. The van der Waals surface area contributed by atoms with E-state index < -0.39 is 19.9 Å². The summed E-state index contributed by atoms with van der Waals surface area (Å²) in [5, 5.41) is -0.275. The van der Waals surface area contributed by atoms with Crippen molar-refractivity contribution in [3.05, 3.63) is 35.6 Å². The van der Waals surface area contributed by atoms with Crippen molar-refractivity contribution in [2.45, 2.75) is 48.4 Å². The number of sulfonamides is 1. The molecule has 33 heavy (non-hydrogen) atoms. The zero-order valence-corrected chi connectivity index (χ0v) is 21.1. The van der Waals surface area contributed by atoms with Crippen LogP contribution in [-0.4, -0.2) is 57.4 Å². The molecular weight excluding hydrogens is 488 g/mol. The van der Waals surface area contributed by atoms with Crippen LogP contribution >= 0.6 is 11.6 Å². The normalized spacial score (nSPS) is 15.2. The third-order valence-electron chi connectivity index (χ3n) is 5.65. The van der Waals surface area contributed by atoms with Crippen molar-refractivity contribution < 1.29 is 21.6 Å². The molecule has 1 saturated carbocycles. The zero-order valence-electron chi connectivity index (χ0n) is 18.7. The van der Waals surface area contributed by atoms with Gasteiger partial charge in [-0.05, 0) is 30.5 Å². The summed E-state index contributed by atoms with van der Waals surface area (Å²) in [6.45, 7) is 0. The van der Waals surface area contributed by atoms with Gasteiger partial charge in [-0.3, -0.25) is 9.69 Å². The predicted octanol–water partition coefficient (Wildman–Crippen LogP) is 3.42. The Morgan fingerprint density at radius 1 is 1.09 bits per heavy atom. The lowest BCUT2D eigenvalue weighted by Crippen LogP contribution is -2.28. The Morgan fingerprint density at radius 3 is 2.27 bits per heavy atom. The van der Waals surface area contributed by atoms with Gasteiger partial charge in [0.05, 0.1) is 28.0 Å². The number of sulfone groups is 1. The highest BCUT2D eigenvalue weighted by Gasteiger charge is 2.26. The van der Waals surface area contributed by atoms with Gasteiger partial charge in [0.2, 0.25) is 5.91 Å². The first-order valence-corrected chi connectivity index (χ1v) is 14.2. The number of aromatic nitrogens is 2. The van der Waals surface area contributed by atoms with Crippen LogP contribution in [-0.2, 0) is 24.7 Å². The number of carbonyl (C=O) groups is 1. The average Bonchev–Trinajstić information content (AvgIpc) is 3.25. The molecule has 1 fully saturated rings. The summed E-state index contributed by atoms with van der Waals surface area (Å²) in [6.07, 6.45) is 8.86. The van der Waals surface area contributed by atoms with E-state index in [2.05, 4.69) is 9.97 Å². The van der Waals surface area contributed by atoms with Crippen LogP contribution in [0.5, 0.6) is 0 Å². The van der Waals surface area contributed by atoms with Crippen LogP contribution in [0.2, 0.25) is 5.02 Å². The molecule has 12 heteroatoms. The van der Waals surface area contributed by atoms with Crippen molar-refractivity contribution in [3.63, 3.8) is 0 Å². The molecule has 0 radical (unpaired) electrons. The average molecular weight is 515 g/mol. The molecule has 2 aromatic rings. The second kappa shape index (κ2) is 10.0. The molecule has 0 N–H and O–H groups in total. The van der Waals surface area contributed by atoms with E-state index in [0.717, 1.165) is 36.0 Å². The molecule has 1 amide bonds. The number of halogens is 1. The van der Waals surface area contributed by atoms with Gasteiger partial charge in [-0.25, -0.2) is 31.1 Å². The van der Waals surface area contributed by atoms with E-state index in [1.807, 2.05) is 0 Å². The maximum absolute atomic E-state index is 13.3. The van der Waals surface area contributed by atoms with Gasteiger partial charge in [0.15, 0.2) is 20.7 Å². The molecule has 1 aromatic heterocycles. The predicted molar refractivity (Wildman–Crippen MR) is 126 cm³/mol. The van der Waals surface area contributed by atoms with E-state index in [0.29, 0.717) is 11.6 Å². The van der Waals surface area contributed by atoms with Crippen LogP contribution in [0.15, 0.2) is 40.5 Å². The van der Waals surface area contributed by atoms with Gasteiger partial charge in [0.1, 0.15) is 0 Å². The van der Waals surface area contributed by atoms with E-state index >= 15 is 0 Å². The Kier molecular flexibility index (Phi) is 7.77. The number of carbonyl (C=O) groups excluding carboxylic acids is 1. The first kappa shape index (κ1) is 25.5. The number of hydrogen-bond acceptors (Lipinski definition) is 7. The van der Waals surface area contributed by atoms with Crippen molar-refractivity contribution in [2.75, 3.05) is 25.3 Å². The fraction of sp³-hybridized carbons (Fsp3) is 0.476. The second-order valence-electron chi connectivity index (χ2n) is 8.31. The summed E-state index contributed by atoms with van der Waals surface area (Å²) in [4.78, 5) is 22.7. The van der Waals surface area contributed by atoms with E-state index in [4.69, 9.17) is 11.6 Å². The fourth-order valence-corrected chi connectivity index (χ4v) is 5.89. The van der Waals surface area contributed by atoms with E-state index in [9.17, 15) is 21.6 Å². The molecule has 180 valence electrons. The molecule has 0 bridgehead atoms. The molecule has 1 aliphatic carbocycles. The van der Waals surface area contributed by atoms with Gasteiger partial charge in [0, 0.05) is 26.8 Å². The number of rotatable bonds is 8. The van der Waals surface area contributed by atoms with Crippen molar-refractivity contribution in [3.8, 4) is 0 Å². The van der Waals surface area contributed by atoms with Crippen LogP contribution in [0.25, 0.3) is 0 Å². The third-order valence-corrected chi connectivity index (χ3v) is 8.93. The van der Waals surface area contributed by atoms with Crippen LogP contribution in [0, 0.1) is 5.92 Å². The van der Waals surface area contributed by atoms with Gasteiger partial charge in [0.25, 0.3) is 10.0 Å². The Bertz CT molecular complexity index is 1230. The maximum atomic E-state index is 13.3. The van der Waals surface area contributed by atoms with Crippen LogP contribution < -0.4 is 4.90 Å². The number of anilines is 2. The van der Waals surface area contributed by atoms with Gasteiger partial charge < -0.3 is 0 Å². The minimum absolute atomic E-state index is 0.0247. The monoisotopic (exact) mass is 514 g/mol. The van der Waals surface area contributed by atoms with Gasteiger partial charge in [-0.1, -0.05) is 37.3 Å². The Labute approximate surface area is 199 Å². The van der Waals surface area contributed by atoms with Crippen LogP contribution in [0.3, 0.4) is 0 Å². The summed E-state index contributed by atoms with van der Waals surface area (Å²) in [5.41, 5.74) is 0.321. The molecular formula is C21H27ClN4O5S2. The highest BCUT2D eigenvalue weighted by atomic mass is 35.5. The minimum Gasteiger partial charge on any atom is -0.274 e. The molecule has 1 heterocycles. The van der Waals surface area contributed by atoms with Crippen LogP contribution in [0.4, 0.5) is 11.5 Å². The smallest absolute Gasteiger partial charge is 0.261 e. The number of benzene rings is 1. The lowest BCUT2D eigenvalue weighted by Gasteiger charge is -2.23. The molecule has 9 nitrogen and oxygen atoms in total. The zero-order chi connectivity index (χ0) is 24.4. The molecule has 0 saturated heterocycles.